The van der Waals surface area contributed by atoms with Gasteiger partial charge in [0.05, 0.1) is 19.0 Å². The molecule has 0 aromatic carbocycles. The molecule has 1 aromatic rings. The van der Waals surface area contributed by atoms with E-state index in [9.17, 15) is 30.7 Å². The molecule has 29 heavy (non-hydrogen) atoms. The van der Waals surface area contributed by atoms with E-state index in [0.29, 0.717) is 0 Å². The van der Waals surface area contributed by atoms with Crippen molar-refractivity contribution in [3.05, 3.63) is 18.7 Å². The Balaban J connectivity index is 2.40. The van der Waals surface area contributed by atoms with Crippen LogP contribution in [0.15, 0.2) is 18.7 Å². The Morgan fingerprint density at radius 1 is 0.862 bits per heavy atom. The molecule has 1 heterocycles. The highest BCUT2D eigenvalue weighted by Crippen LogP contribution is 2.47. The van der Waals surface area contributed by atoms with Gasteiger partial charge in [-0.3, -0.25) is 0 Å². The first-order valence-electron chi connectivity index (χ1n) is 10.3. The number of imidazole rings is 1. The summed E-state index contributed by atoms with van der Waals surface area (Å²) in [6.07, 6.45) is 7.02. The van der Waals surface area contributed by atoms with Crippen molar-refractivity contribution in [2.75, 3.05) is 0 Å². The van der Waals surface area contributed by atoms with E-state index in [0.717, 1.165) is 19.3 Å². The van der Waals surface area contributed by atoms with Crippen LogP contribution >= 0.6 is 0 Å². The van der Waals surface area contributed by atoms with Gasteiger partial charge in [0.25, 0.3) is 0 Å². The topological polar surface area (TPSA) is 8.81 Å². The summed E-state index contributed by atoms with van der Waals surface area (Å²) < 4.78 is 92.2. The van der Waals surface area contributed by atoms with Crippen LogP contribution < -0.4 is 4.57 Å². The number of hydrogen-bond donors (Lipinski definition) is 0. The van der Waals surface area contributed by atoms with E-state index < -0.39 is 31.0 Å². The standard InChI is InChI=1S/C20H32F7N2/c1-3-4-5-6-7-8-9-10-11-17(2)29-15-14-28(16-29)13-12-18(21,22)19(23,24)20(25,26)27/h14-17H,3-13H2,1-2H3/q+1. The van der Waals surface area contributed by atoms with Gasteiger partial charge >= 0.3 is 18.0 Å². The molecule has 170 valence electrons. The lowest BCUT2D eigenvalue weighted by Crippen LogP contribution is -2.53. The fraction of sp³-hybridized carbons (Fsp3) is 0.850. The number of aryl methyl sites for hydroxylation is 1. The van der Waals surface area contributed by atoms with E-state index in [1.165, 1.54) is 55.6 Å². The summed E-state index contributed by atoms with van der Waals surface area (Å²) in [6.45, 7) is 3.50. The van der Waals surface area contributed by atoms with Crippen LogP contribution in [0, 0.1) is 0 Å². The van der Waals surface area contributed by atoms with Gasteiger partial charge in [-0.2, -0.15) is 30.7 Å². The molecular formula is C20H32F7N2+. The third kappa shape index (κ3) is 7.81. The SMILES string of the molecule is CCCCCCCCCCC(C)n1cc[n+](CCC(F)(F)C(F)(F)C(F)(F)F)c1. The van der Waals surface area contributed by atoms with Crippen molar-refractivity contribution in [3.63, 3.8) is 0 Å². The highest BCUT2D eigenvalue weighted by molar-refractivity contribution is 4.90. The van der Waals surface area contributed by atoms with Gasteiger partial charge < -0.3 is 0 Å². The molecule has 1 unspecified atom stereocenters. The van der Waals surface area contributed by atoms with Crippen LogP contribution in [0.3, 0.4) is 0 Å². The van der Waals surface area contributed by atoms with E-state index in [1.807, 2.05) is 6.92 Å². The monoisotopic (exact) mass is 433 g/mol. The Morgan fingerprint density at radius 2 is 1.41 bits per heavy atom. The van der Waals surface area contributed by atoms with Crippen molar-refractivity contribution >= 4 is 0 Å². The summed E-state index contributed by atoms with van der Waals surface area (Å²) in [6, 6.07) is 0.0912. The average Bonchev–Trinajstić information content (AvgIpc) is 3.10. The quantitative estimate of drug-likeness (QED) is 0.168. The van der Waals surface area contributed by atoms with Gasteiger partial charge in [0, 0.05) is 0 Å². The highest BCUT2D eigenvalue weighted by atomic mass is 19.4. The first-order chi connectivity index (χ1) is 13.4. The zero-order valence-electron chi connectivity index (χ0n) is 17.1. The van der Waals surface area contributed by atoms with Crippen LogP contribution in [0.1, 0.15) is 84.1 Å². The van der Waals surface area contributed by atoms with Gasteiger partial charge in [-0.1, -0.05) is 51.9 Å². The summed E-state index contributed by atoms with van der Waals surface area (Å²) in [4.78, 5) is 0. The molecule has 1 rings (SSSR count). The molecule has 0 aliphatic heterocycles. The maximum absolute atomic E-state index is 13.4. The van der Waals surface area contributed by atoms with E-state index in [4.69, 9.17) is 0 Å². The molecule has 0 fully saturated rings. The van der Waals surface area contributed by atoms with Gasteiger partial charge in [-0.15, -0.1) is 0 Å². The van der Waals surface area contributed by atoms with Gasteiger partial charge in [0.15, 0.2) is 0 Å². The second-order valence-electron chi connectivity index (χ2n) is 7.74. The normalized spacial score (nSPS) is 14.4. The predicted octanol–water partition coefficient (Wildman–Crippen LogP) is 7.09. The van der Waals surface area contributed by atoms with E-state index >= 15 is 0 Å². The summed E-state index contributed by atoms with van der Waals surface area (Å²) in [5.74, 6) is -11.2. The van der Waals surface area contributed by atoms with Crippen LogP contribution in [0.5, 0.6) is 0 Å². The zero-order valence-corrected chi connectivity index (χ0v) is 17.1. The molecule has 0 radical (unpaired) electrons. The lowest BCUT2D eigenvalue weighted by molar-refractivity contribution is -0.699. The maximum Gasteiger partial charge on any atom is 0.459 e. The smallest absolute Gasteiger partial charge is 0.237 e. The van der Waals surface area contributed by atoms with Gasteiger partial charge in [0.2, 0.25) is 6.33 Å². The minimum Gasteiger partial charge on any atom is -0.237 e. The van der Waals surface area contributed by atoms with Crippen molar-refractivity contribution in [2.45, 2.75) is 109 Å². The van der Waals surface area contributed by atoms with Crippen LogP contribution in [0.2, 0.25) is 0 Å². The Morgan fingerprint density at radius 3 is 1.97 bits per heavy atom. The third-order valence-electron chi connectivity index (χ3n) is 5.20. The second kappa shape index (κ2) is 11.2. The van der Waals surface area contributed by atoms with E-state index in [2.05, 4.69) is 6.92 Å². The summed E-state index contributed by atoms with van der Waals surface area (Å²) in [5, 5.41) is 0. The third-order valence-corrected chi connectivity index (χ3v) is 5.20. The van der Waals surface area contributed by atoms with Gasteiger partial charge in [-0.05, 0) is 19.8 Å². The fourth-order valence-electron chi connectivity index (χ4n) is 3.16. The zero-order chi connectivity index (χ0) is 22.1. The summed E-state index contributed by atoms with van der Waals surface area (Å²) >= 11 is 0. The number of alkyl halides is 7. The van der Waals surface area contributed by atoms with Gasteiger partial charge in [0.1, 0.15) is 12.4 Å². The molecule has 2 nitrogen and oxygen atoms in total. The van der Waals surface area contributed by atoms with E-state index in [1.54, 1.807) is 10.8 Å². The molecule has 0 saturated heterocycles. The number of unbranched alkanes of at least 4 members (excludes halogenated alkanes) is 7. The molecule has 1 atom stereocenters. The molecule has 0 N–H and O–H groups in total. The average molecular weight is 433 g/mol. The Labute approximate surface area is 168 Å². The van der Waals surface area contributed by atoms with Crippen molar-refractivity contribution in [1.29, 1.82) is 0 Å². The minimum atomic E-state index is -6.28. The molecule has 0 saturated carbocycles. The number of hydrogen-bond acceptors (Lipinski definition) is 0. The maximum atomic E-state index is 13.4. The Kier molecular flexibility index (Phi) is 9.95. The lowest BCUT2D eigenvalue weighted by atomic mass is 10.1. The predicted molar refractivity (Wildman–Crippen MR) is 97.1 cm³/mol. The van der Waals surface area contributed by atoms with Crippen LogP contribution in [0.4, 0.5) is 30.7 Å². The van der Waals surface area contributed by atoms with Crippen LogP contribution in [0.25, 0.3) is 0 Å². The molecule has 0 aliphatic rings. The van der Waals surface area contributed by atoms with Crippen LogP contribution in [-0.2, 0) is 6.54 Å². The van der Waals surface area contributed by atoms with Crippen molar-refractivity contribution in [2.24, 2.45) is 0 Å². The molecule has 0 aliphatic carbocycles. The molecule has 0 spiro atoms. The van der Waals surface area contributed by atoms with Gasteiger partial charge in [-0.25, -0.2) is 9.13 Å². The van der Waals surface area contributed by atoms with Crippen molar-refractivity contribution in [1.82, 2.24) is 4.57 Å². The largest absolute Gasteiger partial charge is 0.459 e. The summed E-state index contributed by atoms with van der Waals surface area (Å²) in [7, 11) is 0. The molecule has 1 aromatic heterocycles. The fourth-order valence-corrected chi connectivity index (χ4v) is 3.16. The Hall–Kier alpha value is -1.28. The van der Waals surface area contributed by atoms with Crippen LogP contribution in [-0.4, -0.2) is 22.6 Å². The van der Waals surface area contributed by atoms with Crippen molar-refractivity contribution in [3.8, 4) is 0 Å². The van der Waals surface area contributed by atoms with Crippen molar-refractivity contribution < 1.29 is 35.3 Å². The molecule has 9 heteroatoms. The molecular weight excluding hydrogens is 401 g/mol. The highest BCUT2D eigenvalue weighted by Gasteiger charge is 2.72. The first-order valence-corrected chi connectivity index (χ1v) is 10.3. The lowest BCUT2D eigenvalue weighted by Gasteiger charge is -2.27. The number of aromatic nitrogens is 2. The van der Waals surface area contributed by atoms with E-state index in [-0.39, 0.29) is 6.04 Å². The first kappa shape index (κ1) is 25.8. The Bertz CT molecular complexity index is 582. The minimum absolute atomic E-state index is 0.0912. The molecule has 0 bridgehead atoms. The summed E-state index contributed by atoms with van der Waals surface area (Å²) in [5.41, 5.74) is 0. The number of halogens is 7. The number of rotatable bonds is 14. The number of nitrogens with zero attached hydrogens (tertiary/aromatic N) is 2. The molecule has 0 amide bonds. The second-order valence-corrected chi connectivity index (χ2v) is 7.74.